The summed E-state index contributed by atoms with van der Waals surface area (Å²) < 4.78 is 0. The smallest absolute Gasteiger partial charge is 0.116 e. The molecule has 1 heterocycles. The Morgan fingerprint density at radius 2 is 2.13 bits per heavy atom. The van der Waals surface area contributed by atoms with Gasteiger partial charge >= 0.3 is 0 Å². The molecule has 0 aliphatic carbocycles. The lowest BCUT2D eigenvalue weighted by Crippen LogP contribution is -2.01. The summed E-state index contributed by atoms with van der Waals surface area (Å²) in [4.78, 5) is 8.34. The number of hydrogen-bond acceptors (Lipinski definition) is 3. The lowest BCUT2D eigenvalue weighted by molar-refractivity contribution is 0.941. The van der Waals surface area contributed by atoms with Gasteiger partial charge < -0.3 is 0 Å². The Morgan fingerprint density at radius 3 is 2.87 bits per heavy atom. The van der Waals surface area contributed by atoms with Gasteiger partial charge in [0.15, 0.2) is 0 Å². The SMILES string of the molecule is N#CC(CBr)c1ncnc2ccccc12. The molecule has 0 amide bonds. The minimum absolute atomic E-state index is 0.224. The summed E-state index contributed by atoms with van der Waals surface area (Å²) in [6.07, 6.45) is 1.50. The van der Waals surface area contributed by atoms with E-state index in [4.69, 9.17) is 5.26 Å². The van der Waals surface area contributed by atoms with E-state index in [2.05, 4.69) is 32.0 Å². The number of fused-ring (bicyclic) bond motifs is 1. The summed E-state index contributed by atoms with van der Waals surface area (Å²) in [5, 5.41) is 10.5. The minimum Gasteiger partial charge on any atom is -0.239 e. The topological polar surface area (TPSA) is 49.6 Å². The van der Waals surface area contributed by atoms with Crippen molar-refractivity contribution in [3.63, 3.8) is 0 Å². The van der Waals surface area contributed by atoms with E-state index >= 15 is 0 Å². The van der Waals surface area contributed by atoms with Crippen LogP contribution < -0.4 is 0 Å². The van der Waals surface area contributed by atoms with Gasteiger partial charge in [0, 0.05) is 10.7 Å². The molecule has 0 saturated heterocycles. The second kappa shape index (κ2) is 4.37. The van der Waals surface area contributed by atoms with E-state index in [0.717, 1.165) is 16.6 Å². The molecule has 0 aliphatic rings. The molecule has 1 aromatic carbocycles. The van der Waals surface area contributed by atoms with E-state index in [1.807, 2.05) is 24.3 Å². The number of hydrogen-bond donors (Lipinski definition) is 0. The molecule has 0 bridgehead atoms. The molecule has 1 aromatic heterocycles. The number of rotatable bonds is 2. The number of nitriles is 1. The van der Waals surface area contributed by atoms with Crippen molar-refractivity contribution in [2.45, 2.75) is 5.92 Å². The maximum Gasteiger partial charge on any atom is 0.116 e. The first kappa shape index (κ1) is 10.1. The molecule has 74 valence electrons. The average molecular weight is 262 g/mol. The number of nitrogens with zero attached hydrogens (tertiary/aromatic N) is 3. The highest BCUT2D eigenvalue weighted by atomic mass is 79.9. The van der Waals surface area contributed by atoms with Gasteiger partial charge in [0.25, 0.3) is 0 Å². The highest BCUT2D eigenvalue weighted by molar-refractivity contribution is 9.09. The molecule has 0 N–H and O–H groups in total. The van der Waals surface area contributed by atoms with Crippen LogP contribution in [0.2, 0.25) is 0 Å². The summed E-state index contributed by atoms with van der Waals surface area (Å²) in [6, 6.07) is 9.94. The second-order valence-corrected chi connectivity index (χ2v) is 3.76. The van der Waals surface area contributed by atoms with Crippen molar-refractivity contribution in [3.8, 4) is 6.07 Å². The third-order valence-electron chi connectivity index (χ3n) is 2.21. The van der Waals surface area contributed by atoms with Crippen LogP contribution in [0, 0.1) is 11.3 Å². The fourth-order valence-corrected chi connectivity index (χ4v) is 1.92. The molecule has 15 heavy (non-hydrogen) atoms. The highest BCUT2D eigenvalue weighted by Crippen LogP contribution is 2.22. The van der Waals surface area contributed by atoms with Crippen molar-refractivity contribution in [2.75, 3.05) is 5.33 Å². The Labute approximate surface area is 95.9 Å². The zero-order valence-electron chi connectivity index (χ0n) is 7.89. The van der Waals surface area contributed by atoms with Crippen molar-refractivity contribution >= 4 is 26.8 Å². The second-order valence-electron chi connectivity index (χ2n) is 3.11. The van der Waals surface area contributed by atoms with Gasteiger partial charge in [-0.15, -0.1) is 0 Å². The van der Waals surface area contributed by atoms with Crippen molar-refractivity contribution < 1.29 is 0 Å². The number of aromatic nitrogens is 2. The van der Waals surface area contributed by atoms with Crippen LogP contribution in [0.1, 0.15) is 11.6 Å². The van der Waals surface area contributed by atoms with E-state index in [0.29, 0.717) is 5.33 Å². The molecule has 0 fully saturated rings. The predicted molar refractivity (Wildman–Crippen MR) is 61.7 cm³/mol. The summed E-state index contributed by atoms with van der Waals surface area (Å²) in [6.45, 7) is 0. The largest absolute Gasteiger partial charge is 0.239 e. The molecule has 1 unspecified atom stereocenters. The van der Waals surface area contributed by atoms with Gasteiger partial charge in [0.2, 0.25) is 0 Å². The summed E-state index contributed by atoms with van der Waals surface area (Å²) >= 11 is 3.32. The third-order valence-corrected chi connectivity index (χ3v) is 2.86. The quantitative estimate of drug-likeness (QED) is 0.781. The molecular weight excluding hydrogens is 254 g/mol. The van der Waals surface area contributed by atoms with Gasteiger partial charge in [-0.3, -0.25) is 0 Å². The molecule has 0 saturated carbocycles. The Bertz CT molecular complexity index is 513. The van der Waals surface area contributed by atoms with Gasteiger partial charge in [-0.05, 0) is 6.07 Å². The van der Waals surface area contributed by atoms with Crippen LogP contribution in [0.4, 0.5) is 0 Å². The Hall–Kier alpha value is -1.47. The monoisotopic (exact) mass is 261 g/mol. The maximum atomic E-state index is 9.00. The van der Waals surface area contributed by atoms with Gasteiger partial charge in [0.1, 0.15) is 6.33 Å². The molecule has 2 aromatic rings. The first-order valence-electron chi connectivity index (χ1n) is 4.52. The van der Waals surface area contributed by atoms with Crippen molar-refractivity contribution in [1.82, 2.24) is 9.97 Å². The van der Waals surface area contributed by atoms with E-state index in [-0.39, 0.29) is 5.92 Å². The van der Waals surface area contributed by atoms with Gasteiger partial charge in [-0.2, -0.15) is 5.26 Å². The first-order valence-corrected chi connectivity index (χ1v) is 5.64. The van der Waals surface area contributed by atoms with Crippen LogP contribution in [-0.4, -0.2) is 15.3 Å². The highest BCUT2D eigenvalue weighted by Gasteiger charge is 2.13. The molecular formula is C11H8BrN3. The van der Waals surface area contributed by atoms with Gasteiger partial charge in [0.05, 0.1) is 23.2 Å². The number of alkyl halides is 1. The number of halogens is 1. The fraction of sp³-hybridized carbons (Fsp3) is 0.182. The molecule has 3 nitrogen and oxygen atoms in total. The molecule has 4 heteroatoms. The zero-order chi connectivity index (χ0) is 10.7. The lowest BCUT2D eigenvalue weighted by atomic mass is 10.0. The zero-order valence-corrected chi connectivity index (χ0v) is 9.48. The standard InChI is InChI=1S/C11H8BrN3/c12-5-8(6-13)11-9-3-1-2-4-10(9)14-7-15-11/h1-4,7-8H,5H2. The van der Waals surface area contributed by atoms with Gasteiger partial charge in [-0.25, -0.2) is 9.97 Å². The van der Waals surface area contributed by atoms with E-state index < -0.39 is 0 Å². The Kier molecular flexibility index (Phi) is 2.93. The summed E-state index contributed by atoms with van der Waals surface area (Å²) in [7, 11) is 0. The van der Waals surface area contributed by atoms with Crippen molar-refractivity contribution in [3.05, 3.63) is 36.3 Å². The number of para-hydroxylation sites is 1. The van der Waals surface area contributed by atoms with Crippen LogP contribution in [0.5, 0.6) is 0 Å². The van der Waals surface area contributed by atoms with Crippen LogP contribution in [0.15, 0.2) is 30.6 Å². The molecule has 0 radical (unpaired) electrons. The number of benzene rings is 1. The van der Waals surface area contributed by atoms with Crippen LogP contribution >= 0.6 is 15.9 Å². The van der Waals surface area contributed by atoms with Gasteiger partial charge in [-0.1, -0.05) is 34.1 Å². The molecule has 2 rings (SSSR count). The van der Waals surface area contributed by atoms with Crippen LogP contribution in [0.25, 0.3) is 10.9 Å². The van der Waals surface area contributed by atoms with Crippen LogP contribution in [-0.2, 0) is 0 Å². The predicted octanol–water partition coefficient (Wildman–Crippen LogP) is 2.63. The molecule has 0 spiro atoms. The van der Waals surface area contributed by atoms with Crippen LogP contribution in [0.3, 0.4) is 0 Å². The summed E-state index contributed by atoms with van der Waals surface area (Å²) in [5.41, 5.74) is 1.67. The average Bonchev–Trinajstić information content (AvgIpc) is 2.31. The van der Waals surface area contributed by atoms with E-state index in [1.165, 1.54) is 6.33 Å². The lowest BCUT2D eigenvalue weighted by Gasteiger charge is -2.07. The van der Waals surface area contributed by atoms with Crippen molar-refractivity contribution in [1.29, 1.82) is 5.26 Å². The minimum atomic E-state index is -0.224. The molecule has 0 aliphatic heterocycles. The molecule has 1 atom stereocenters. The fourth-order valence-electron chi connectivity index (χ4n) is 1.47. The van der Waals surface area contributed by atoms with E-state index in [9.17, 15) is 0 Å². The van der Waals surface area contributed by atoms with E-state index in [1.54, 1.807) is 0 Å². The first-order chi connectivity index (χ1) is 7.36. The van der Waals surface area contributed by atoms with Crippen molar-refractivity contribution in [2.24, 2.45) is 0 Å². The Morgan fingerprint density at radius 1 is 1.33 bits per heavy atom. The normalized spacial score (nSPS) is 12.3. The maximum absolute atomic E-state index is 9.00. The summed E-state index contributed by atoms with van der Waals surface area (Å²) in [5.74, 6) is -0.224. The third kappa shape index (κ3) is 1.83. The Balaban J connectivity index is 2.66.